The van der Waals surface area contributed by atoms with Crippen molar-refractivity contribution >= 4 is 15.7 Å². The van der Waals surface area contributed by atoms with E-state index >= 15 is 0 Å². The molecule has 0 saturated heterocycles. The smallest absolute Gasteiger partial charge is 0.279 e. The van der Waals surface area contributed by atoms with E-state index in [-0.39, 0.29) is 5.03 Å². The monoisotopic (exact) mass is 304 g/mol. The molecule has 0 amide bonds. The number of rotatable bonds is 4. The fraction of sp³-hybridized carbons (Fsp3) is 0.0833. The maximum atomic E-state index is 12.0. The lowest BCUT2D eigenvalue weighted by atomic mass is 10.4. The third-order valence-electron chi connectivity index (χ3n) is 2.84. The average molecular weight is 304 g/mol. The first kappa shape index (κ1) is 13.3. The van der Waals surface area contributed by atoms with Gasteiger partial charge in [-0.3, -0.25) is 9.29 Å². The largest absolute Gasteiger partial charge is 0.334 e. The lowest BCUT2D eigenvalue weighted by Gasteiger charge is -2.07. The van der Waals surface area contributed by atoms with Crippen LogP contribution in [0.3, 0.4) is 0 Å². The van der Waals surface area contributed by atoms with Crippen molar-refractivity contribution < 1.29 is 8.42 Å². The van der Waals surface area contributed by atoms with Crippen LogP contribution in [0.4, 0.5) is 5.69 Å². The third kappa shape index (κ3) is 2.63. The maximum Gasteiger partial charge on any atom is 0.279 e. The van der Waals surface area contributed by atoms with E-state index < -0.39 is 10.0 Å². The van der Waals surface area contributed by atoms with Gasteiger partial charge in [0.05, 0.1) is 24.4 Å². The Morgan fingerprint density at radius 2 is 2.10 bits per heavy atom. The Bertz CT molecular complexity index is 836. The Hall–Kier alpha value is -2.68. The van der Waals surface area contributed by atoms with Gasteiger partial charge in [0.15, 0.2) is 5.03 Å². The van der Waals surface area contributed by atoms with Gasteiger partial charge in [-0.25, -0.2) is 15.0 Å². The highest BCUT2D eigenvalue weighted by Crippen LogP contribution is 2.15. The van der Waals surface area contributed by atoms with Crippen LogP contribution in [0.15, 0.2) is 48.3 Å². The van der Waals surface area contributed by atoms with Crippen LogP contribution in [0.25, 0.3) is 5.82 Å². The molecular formula is C12H12N6O2S. The van der Waals surface area contributed by atoms with Crippen LogP contribution in [-0.4, -0.2) is 32.9 Å². The fourth-order valence-electron chi connectivity index (χ4n) is 1.81. The van der Waals surface area contributed by atoms with Crippen molar-refractivity contribution in [2.75, 3.05) is 4.72 Å². The number of imidazole rings is 2. The molecule has 21 heavy (non-hydrogen) atoms. The van der Waals surface area contributed by atoms with Crippen molar-refractivity contribution in [3.05, 3.63) is 49.1 Å². The standard InChI is InChI=1S/C12H12N6O2S/c1-9-14-4-5-18(9)11-3-2-10(6-15-11)17-21(19,20)12-7-13-8-16-12/h2-8,17H,1H3,(H,13,16). The minimum atomic E-state index is -3.67. The molecule has 0 aliphatic rings. The summed E-state index contributed by atoms with van der Waals surface area (Å²) in [5.41, 5.74) is 0.367. The highest BCUT2D eigenvalue weighted by molar-refractivity contribution is 7.92. The molecule has 0 spiro atoms. The zero-order valence-corrected chi connectivity index (χ0v) is 11.9. The van der Waals surface area contributed by atoms with Gasteiger partial charge in [0.2, 0.25) is 0 Å². The van der Waals surface area contributed by atoms with Crippen LogP contribution < -0.4 is 4.72 Å². The van der Waals surface area contributed by atoms with Gasteiger partial charge in [0.1, 0.15) is 11.6 Å². The number of nitrogens with one attached hydrogen (secondary N) is 2. The number of anilines is 1. The van der Waals surface area contributed by atoms with Crippen LogP contribution >= 0.6 is 0 Å². The van der Waals surface area contributed by atoms with Crippen LogP contribution in [-0.2, 0) is 10.0 Å². The zero-order chi connectivity index (χ0) is 14.9. The first-order chi connectivity index (χ1) is 10.1. The SMILES string of the molecule is Cc1nccn1-c1ccc(NS(=O)(=O)c2cnc[nH]2)cn1. The van der Waals surface area contributed by atoms with E-state index in [1.54, 1.807) is 29.1 Å². The molecule has 0 fully saturated rings. The summed E-state index contributed by atoms with van der Waals surface area (Å²) in [6.07, 6.45) is 7.44. The van der Waals surface area contributed by atoms with Crippen molar-refractivity contribution in [1.29, 1.82) is 0 Å². The first-order valence-corrected chi connectivity index (χ1v) is 7.52. The number of H-pyrrole nitrogens is 1. The van der Waals surface area contributed by atoms with Gasteiger partial charge < -0.3 is 4.98 Å². The molecule has 3 rings (SSSR count). The number of aromatic amines is 1. The van der Waals surface area contributed by atoms with Crippen molar-refractivity contribution in [3.8, 4) is 5.82 Å². The third-order valence-corrected chi connectivity index (χ3v) is 4.14. The zero-order valence-electron chi connectivity index (χ0n) is 11.1. The van der Waals surface area contributed by atoms with Crippen LogP contribution in [0.2, 0.25) is 0 Å². The summed E-state index contributed by atoms with van der Waals surface area (Å²) in [4.78, 5) is 14.6. The van der Waals surface area contributed by atoms with Crippen LogP contribution in [0.5, 0.6) is 0 Å². The molecule has 3 aromatic heterocycles. The summed E-state index contributed by atoms with van der Waals surface area (Å²) in [7, 11) is -3.67. The molecule has 9 heteroatoms. The van der Waals surface area contributed by atoms with Gasteiger partial charge in [0, 0.05) is 12.4 Å². The molecule has 0 aliphatic heterocycles. The molecule has 0 radical (unpaired) electrons. The van der Waals surface area contributed by atoms with E-state index in [9.17, 15) is 8.42 Å². The molecule has 0 atom stereocenters. The Labute approximate surface area is 121 Å². The Kier molecular flexibility index (Phi) is 3.18. The van der Waals surface area contributed by atoms with Gasteiger partial charge in [-0.15, -0.1) is 0 Å². The Morgan fingerprint density at radius 3 is 2.67 bits per heavy atom. The molecule has 3 heterocycles. The summed E-state index contributed by atoms with van der Waals surface area (Å²) in [5, 5.41) is -0.00275. The van der Waals surface area contributed by atoms with Crippen LogP contribution in [0, 0.1) is 6.92 Å². The molecule has 108 valence electrons. The fourth-order valence-corrected chi connectivity index (χ4v) is 2.76. The lowest BCUT2D eigenvalue weighted by molar-refractivity contribution is 0.598. The molecule has 0 bridgehead atoms. The molecular weight excluding hydrogens is 292 g/mol. The quantitative estimate of drug-likeness (QED) is 0.751. The number of pyridine rings is 1. The second-order valence-corrected chi connectivity index (χ2v) is 5.92. The molecule has 8 nitrogen and oxygen atoms in total. The number of aryl methyl sites for hydroxylation is 1. The topological polar surface area (TPSA) is 106 Å². The van der Waals surface area contributed by atoms with Crippen molar-refractivity contribution in [3.63, 3.8) is 0 Å². The van der Waals surface area contributed by atoms with Crippen molar-refractivity contribution in [1.82, 2.24) is 24.5 Å². The van der Waals surface area contributed by atoms with E-state index in [0.717, 1.165) is 5.82 Å². The summed E-state index contributed by atoms with van der Waals surface area (Å²) in [5.74, 6) is 1.46. The number of nitrogens with zero attached hydrogens (tertiary/aromatic N) is 4. The highest BCUT2D eigenvalue weighted by atomic mass is 32.2. The average Bonchev–Trinajstić information content (AvgIpc) is 3.10. The number of sulfonamides is 1. The summed E-state index contributed by atoms with van der Waals surface area (Å²) in [6, 6.07) is 3.34. The summed E-state index contributed by atoms with van der Waals surface area (Å²) < 4.78 is 28.2. The minimum Gasteiger partial charge on any atom is -0.334 e. The van der Waals surface area contributed by atoms with Gasteiger partial charge in [-0.1, -0.05) is 0 Å². The molecule has 2 N–H and O–H groups in total. The number of hydrogen-bond acceptors (Lipinski definition) is 5. The van der Waals surface area contributed by atoms with Gasteiger partial charge >= 0.3 is 0 Å². The van der Waals surface area contributed by atoms with Gasteiger partial charge in [-0.05, 0) is 19.1 Å². The predicted molar refractivity (Wildman–Crippen MR) is 75.5 cm³/mol. The van der Waals surface area contributed by atoms with Gasteiger partial charge in [0.25, 0.3) is 10.0 Å². The predicted octanol–water partition coefficient (Wildman–Crippen LogP) is 1.10. The molecule has 0 aromatic carbocycles. The van der Waals surface area contributed by atoms with E-state index in [4.69, 9.17) is 0 Å². The molecule has 0 saturated carbocycles. The molecule has 0 aliphatic carbocycles. The second-order valence-electron chi connectivity index (χ2n) is 4.27. The Balaban J connectivity index is 1.84. The lowest BCUT2D eigenvalue weighted by Crippen LogP contribution is -2.13. The summed E-state index contributed by atoms with van der Waals surface area (Å²) >= 11 is 0. The van der Waals surface area contributed by atoms with Crippen molar-refractivity contribution in [2.24, 2.45) is 0 Å². The number of hydrogen-bond donors (Lipinski definition) is 2. The van der Waals surface area contributed by atoms with Gasteiger partial charge in [-0.2, -0.15) is 8.42 Å². The van der Waals surface area contributed by atoms with E-state index in [1.165, 1.54) is 18.7 Å². The normalized spacial score (nSPS) is 11.5. The Morgan fingerprint density at radius 1 is 1.24 bits per heavy atom. The van der Waals surface area contributed by atoms with E-state index in [1.807, 2.05) is 6.92 Å². The highest BCUT2D eigenvalue weighted by Gasteiger charge is 2.15. The second kappa shape index (κ2) is 5.02. The maximum absolute atomic E-state index is 12.0. The molecule has 3 aromatic rings. The van der Waals surface area contributed by atoms with E-state index in [0.29, 0.717) is 11.5 Å². The minimum absolute atomic E-state index is 0.00275. The molecule has 0 unspecified atom stereocenters. The van der Waals surface area contributed by atoms with Crippen LogP contribution in [0.1, 0.15) is 5.82 Å². The number of aromatic nitrogens is 5. The van der Waals surface area contributed by atoms with E-state index in [2.05, 4.69) is 24.7 Å². The summed E-state index contributed by atoms with van der Waals surface area (Å²) in [6.45, 7) is 1.86. The van der Waals surface area contributed by atoms with Crippen molar-refractivity contribution in [2.45, 2.75) is 11.9 Å². The first-order valence-electron chi connectivity index (χ1n) is 6.04.